The first kappa shape index (κ1) is 14.6. The maximum Gasteiger partial charge on any atom is 0.497 e. The molecule has 0 bridgehead atoms. The molecule has 0 saturated heterocycles. The molecule has 1 unspecified atom stereocenters. The topological polar surface area (TPSA) is 34.1 Å². The average Bonchev–Trinajstić information content (AvgIpc) is 2.19. The van der Waals surface area contributed by atoms with E-state index in [-0.39, 0.29) is 15.6 Å². The van der Waals surface area contributed by atoms with Crippen LogP contribution in [0, 0.1) is 0 Å². The van der Waals surface area contributed by atoms with Crippen LogP contribution in [0.3, 0.4) is 0 Å². The van der Waals surface area contributed by atoms with E-state index in [1.54, 1.807) is 0 Å². The molecular weight excluding hydrogens is 300 g/mol. The summed E-state index contributed by atoms with van der Waals surface area (Å²) in [6.45, 7) is 0.947. The van der Waals surface area contributed by atoms with Gasteiger partial charge in [0.25, 0.3) is 9.84 Å². The lowest BCUT2D eigenvalue weighted by Gasteiger charge is -2.15. The first-order valence-electron chi connectivity index (χ1n) is 4.32. The summed E-state index contributed by atoms with van der Waals surface area (Å²) >= 11 is 11.2. The Kier molecular flexibility index (Phi) is 4.01. The summed E-state index contributed by atoms with van der Waals surface area (Å²) in [7, 11) is -5.26. The Labute approximate surface area is 106 Å². The highest BCUT2D eigenvalue weighted by Gasteiger charge is 2.49. The van der Waals surface area contributed by atoms with Crippen LogP contribution in [0.5, 0.6) is 0 Å². The first-order valence-corrected chi connectivity index (χ1v) is 6.62. The number of rotatable bonds is 2. The molecule has 17 heavy (non-hydrogen) atoms. The Bertz CT molecular complexity index is 526. The molecule has 8 heteroatoms. The molecule has 0 aliphatic carbocycles. The maximum absolute atomic E-state index is 12.3. The molecule has 96 valence electrons. The first-order chi connectivity index (χ1) is 7.57. The molecule has 0 heterocycles. The number of halogens is 5. The Balaban J connectivity index is 3.22. The largest absolute Gasteiger partial charge is 0.497 e. The van der Waals surface area contributed by atoms with Gasteiger partial charge in [-0.15, -0.1) is 0 Å². The van der Waals surface area contributed by atoms with Crippen LogP contribution in [-0.4, -0.2) is 13.9 Å². The summed E-state index contributed by atoms with van der Waals surface area (Å²) < 4.78 is 59.2. The van der Waals surface area contributed by atoms with E-state index >= 15 is 0 Å². The fourth-order valence-electron chi connectivity index (χ4n) is 1.14. The van der Waals surface area contributed by atoms with Gasteiger partial charge in [0, 0.05) is 0 Å². The molecule has 1 rings (SSSR count). The highest BCUT2D eigenvalue weighted by atomic mass is 35.5. The molecule has 0 aromatic heterocycles. The van der Waals surface area contributed by atoms with Gasteiger partial charge in [0.1, 0.15) is 0 Å². The number of alkyl halides is 3. The van der Waals surface area contributed by atoms with Gasteiger partial charge in [-0.05, 0) is 24.6 Å². The third-order valence-corrected chi connectivity index (χ3v) is 4.79. The van der Waals surface area contributed by atoms with Gasteiger partial charge in [0.2, 0.25) is 0 Å². The second-order valence-corrected chi connectivity index (χ2v) is 6.38. The fourth-order valence-corrected chi connectivity index (χ4v) is 2.36. The van der Waals surface area contributed by atoms with Crippen molar-refractivity contribution in [3.63, 3.8) is 0 Å². The number of benzene rings is 1. The molecule has 2 nitrogen and oxygen atoms in total. The molecule has 0 spiro atoms. The van der Waals surface area contributed by atoms with Crippen molar-refractivity contribution < 1.29 is 21.6 Å². The van der Waals surface area contributed by atoms with Crippen LogP contribution in [-0.2, 0) is 9.84 Å². The molecule has 0 aliphatic heterocycles. The zero-order valence-electron chi connectivity index (χ0n) is 8.42. The molecule has 0 aliphatic rings. The normalized spacial score (nSPS) is 14.7. The minimum Gasteiger partial charge on any atom is -0.219 e. The minimum atomic E-state index is -5.29. The maximum atomic E-state index is 12.3. The molecular formula is C9H7Cl2F3O2S. The van der Waals surface area contributed by atoms with E-state index in [0.717, 1.165) is 13.0 Å². The monoisotopic (exact) mass is 306 g/mol. The van der Waals surface area contributed by atoms with Gasteiger partial charge in [0.05, 0.1) is 15.3 Å². The van der Waals surface area contributed by atoms with Crippen LogP contribution >= 0.6 is 23.2 Å². The van der Waals surface area contributed by atoms with E-state index in [1.807, 2.05) is 0 Å². The van der Waals surface area contributed by atoms with Crippen LogP contribution in [0.2, 0.25) is 10.0 Å². The van der Waals surface area contributed by atoms with Crippen molar-refractivity contribution in [2.24, 2.45) is 0 Å². The summed E-state index contributed by atoms with van der Waals surface area (Å²) in [6, 6.07) is 3.56. The Morgan fingerprint density at radius 1 is 1.18 bits per heavy atom. The van der Waals surface area contributed by atoms with Gasteiger partial charge < -0.3 is 0 Å². The summed E-state index contributed by atoms with van der Waals surface area (Å²) in [6.07, 6.45) is 0. The van der Waals surface area contributed by atoms with E-state index in [4.69, 9.17) is 23.2 Å². The van der Waals surface area contributed by atoms with Gasteiger partial charge in [-0.2, -0.15) is 13.2 Å². The van der Waals surface area contributed by atoms with E-state index in [2.05, 4.69) is 0 Å². The van der Waals surface area contributed by atoms with Crippen molar-refractivity contribution in [1.29, 1.82) is 0 Å². The van der Waals surface area contributed by atoms with Crippen LogP contribution in [0.4, 0.5) is 13.2 Å². The summed E-state index contributed by atoms with van der Waals surface area (Å²) in [5, 5.41) is -1.57. The SMILES string of the molecule is CC(c1ccc(Cl)c(Cl)c1)S(=O)(=O)C(F)(F)F. The molecule has 0 fully saturated rings. The van der Waals surface area contributed by atoms with Crippen molar-refractivity contribution in [2.45, 2.75) is 17.7 Å². The fraction of sp³-hybridized carbons (Fsp3) is 0.333. The zero-order valence-corrected chi connectivity index (χ0v) is 10.8. The van der Waals surface area contributed by atoms with E-state index in [1.165, 1.54) is 12.1 Å². The molecule has 0 saturated carbocycles. The molecule has 1 atom stereocenters. The molecule has 0 amide bonds. The smallest absolute Gasteiger partial charge is 0.219 e. The number of sulfone groups is 1. The Morgan fingerprint density at radius 3 is 2.12 bits per heavy atom. The van der Waals surface area contributed by atoms with Crippen molar-refractivity contribution >= 4 is 33.0 Å². The Hall–Kier alpha value is -0.460. The lowest BCUT2D eigenvalue weighted by molar-refractivity contribution is -0.0443. The zero-order chi connectivity index (χ0) is 13.4. The van der Waals surface area contributed by atoms with Gasteiger partial charge in [-0.25, -0.2) is 8.42 Å². The van der Waals surface area contributed by atoms with E-state index in [0.29, 0.717) is 0 Å². The van der Waals surface area contributed by atoms with Crippen molar-refractivity contribution in [1.82, 2.24) is 0 Å². The standard InChI is InChI=1S/C9H7Cl2F3O2S/c1-5(17(15,16)9(12,13)14)6-2-3-7(10)8(11)4-6/h2-5H,1H3. The van der Waals surface area contributed by atoms with Gasteiger partial charge >= 0.3 is 5.51 Å². The summed E-state index contributed by atoms with van der Waals surface area (Å²) in [5.74, 6) is 0. The third kappa shape index (κ3) is 2.86. The van der Waals surface area contributed by atoms with Crippen molar-refractivity contribution in [3.05, 3.63) is 33.8 Å². The number of hydrogen-bond donors (Lipinski definition) is 0. The highest BCUT2D eigenvalue weighted by molar-refractivity contribution is 7.92. The second kappa shape index (κ2) is 4.66. The van der Waals surface area contributed by atoms with E-state index < -0.39 is 20.6 Å². The third-order valence-electron chi connectivity index (χ3n) is 2.20. The predicted octanol–water partition coefficient (Wildman–Crippen LogP) is 3.99. The van der Waals surface area contributed by atoms with E-state index in [9.17, 15) is 21.6 Å². The van der Waals surface area contributed by atoms with Crippen molar-refractivity contribution in [3.8, 4) is 0 Å². The minimum absolute atomic E-state index is 0.00777. The van der Waals surface area contributed by atoms with Crippen molar-refractivity contribution in [2.75, 3.05) is 0 Å². The summed E-state index contributed by atoms with van der Waals surface area (Å²) in [5.41, 5.74) is -5.35. The molecule has 1 aromatic carbocycles. The van der Waals surface area contributed by atoms with Gasteiger partial charge in [-0.1, -0.05) is 29.3 Å². The predicted molar refractivity (Wildman–Crippen MR) is 59.9 cm³/mol. The lowest BCUT2D eigenvalue weighted by atomic mass is 10.2. The lowest BCUT2D eigenvalue weighted by Crippen LogP contribution is -2.27. The van der Waals surface area contributed by atoms with Crippen LogP contribution in [0.25, 0.3) is 0 Å². The van der Waals surface area contributed by atoms with Crippen LogP contribution in [0.1, 0.15) is 17.7 Å². The quantitative estimate of drug-likeness (QED) is 0.828. The number of hydrogen-bond acceptors (Lipinski definition) is 2. The van der Waals surface area contributed by atoms with Crippen LogP contribution < -0.4 is 0 Å². The highest BCUT2D eigenvalue weighted by Crippen LogP contribution is 2.36. The van der Waals surface area contributed by atoms with Gasteiger partial charge in [-0.3, -0.25) is 0 Å². The molecule has 0 radical (unpaired) electrons. The second-order valence-electron chi connectivity index (χ2n) is 3.31. The molecule has 0 N–H and O–H groups in total. The van der Waals surface area contributed by atoms with Crippen LogP contribution in [0.15, 0.2) is 18.2 Å². The average molecular weight is 307 g/mol. The molecule has 1 aromatic rings. The Morgan fingerprint density at radius 2 is 1.71 bits per heavy atom. The van der Waals surface area contributed by atoms with Gasteiger partial charge in [0.15, 0.2) is 0 Å². The summed E-state index contributed by atoms with van der Waals surface area (Å²) in [4.78, 5) is 0.